The number of rotatable bonds is 6. The predicted molar refractivity (Wildman–Crippen MR) is 117 cm³/mol. The fourth-order valence-electron chi connectivity index (χ4n) is 3.02. The molecule has 0 saturated heterocycles. The average Bonchev–Trinajstić information content (AvgIpc) is 2.67. The molecule has 0 fully saturated rings. The molecule has 1 aliphatic heterocycles. The summed E-state index contributed by atoms with van der Waals surface area (Å²) in [4.78, 5) is 27.7. The summed E-state index contributed by atoms with van der Waals surface area (Å²) in [6.45, 7) is 2.40. The van der Waals surface area contributed by atoms with Gasteiger partial charge in [-0.25, -0.2) is 8.42 Å². The minimum Gasteiger partial charge on any atom is -0.326 e. The van der Waals surface area contributed by atoms with Gasteiger partial charge in [-0.05, 0) is 36.8 Å². The van der Waals surface area contributed by atoms with Crippen LogP contribution in [0, 0.1) is 6.92 Å². The smallest absolute Gasteiger partial charge is 0.229 e. The Labute approximate surface area is 174 Å². The van der Waals surface area contributed by atoms with E-state index >= 15 is 0 Å². The molecule has 1 aliphatic rings. The molecule has 29 heavy (non-hydrogen) atoms. The standard InChI is InChI=1S/C20H23N3O4S2/c1-14-7-8-15(13-16(14)22-29(2,26)27)21-19(24)9-10-20(25)23-11-12-28-18-6-4-3-5-17(18)23/h3-8,13,22H,9-12H2,1-2H3,(H,21,24). The summed E-state index contributed by atoms with van der Waals surface area (Å²) in [5, 5.41) is 2.72. The molecular formula is C20H23N3O4S2. The molecule has 2 aromatic carbocycles. The molecule has 0 atom stereocenters. The number of carbonyl (C=O) groups excluding carboxylic acids is 2. The predicted octanol–water partition coefficient (Wildman–Crippen LogP) is 3.22. The van der Waals surface area contributed by atoms with Crippen molar-refractivity contribution in [1.29, 1.82) is 0 Å². The molecule has 0 saturated carbocycles. The molecular weight excluding hydrogens is 410 g/mol. The molecule has 0 radical (unpaired) electrons. The Kier molecular flexibility index (Phi) is 6.49. The van der Waals surface area contributed by atoms with Gasteiger partial charge in [-0.2, -0.15) is 0 Å². The normalized spacial score (nSPS) is 13.5. The highest BCUT2D eigenvalue weighted by Gasteiger charge is 2.23. The molecule has 2 N–H and O–H groups in total. The summed E-state index contributed by atoms with van der Waals surface area (Å²) in [6.07, 6.45) is 1.22. The number of para-hydroxylation sites is 1. The van der Waals surface area contributed by atoms with Crippen molar-refractivity contribution in [3.05, 3.63) is 48.0 Å². The Morgan fingerprint density at radius 1 is 1.14 bits per heavy atom. The van der Waals surface area contributed by atoms with Crippen LogP contribution >= 0.6 is 11.8 Å². The van der Waals surface area contributed by atoms with Gasteiger partial charge in [0.15, 0.2) is 0 Å². The van der Waals surface area contributed by atoms with Crippen LogP contribution in [0.15, 0.2) is 47.4 Å². The number of fused-ring (bicyclic) bond motifs is 1. The third-order valence-electron chi connectivity index (χ3n) is 4.41. The minimum atomic E-state index is -3.42. The Morgan fingerprint density at radius 2 is 1.90 bits per heavy atom. The van der Waals surface area contributed by atoms with Crippen LogP contribution in [0.5, 0.6) is 0 Å². The molecule has 0 spiro atoms. The van der Waals surface area contributed by atoms with Crippen LogP contribution < -0.4 is 14.9 Å². The number of nitrogens with one attached hydrogen (secondary N) is 2. The zero-order valence-electron chi connectivity index (χ0n) is 16.3. The number of amides is 2. The average molecular weight is 434 g/mol. The van der Waals surface area contributed by atoms with Crippen molar-refractivity contribution in [3.63, 3.8) is 0 Å². The van der Waals surface area contributed by atoms with Gasteiger partial charge in [-0.15, -0.1) is 11.8 Å². The molecule has 0 aromatic heterocycles. The summed E-state index contributed by atoms with van der Waals surface area (Å²) < 4.78 is 25.3. The summed E-state index contributed by atoms with van der Waals surface area (Å²) in [5.74, 6) is 0.442. The number of benzene rings is 2. The minimum absolute atomic E-state index is 0.0490. The van der Waals surface area contributed by atoms with E-state index in [0.717, 1.165) is 28.2 Å². The van der Waals surface area contributed by atoms with Crippen LogP contribution in [0.4, 0.5) is 17.1 Å². The first-order chi connectivity index (χ1) is 13.7. The van der Waals surface area contributed by atoms with Crippen molar-refractivity contribution in [1.82, 2.24) is 0 Å². The second kappa shape index (κ2) is 8.87. The highest BCUT2D eigenvalue weighted by molar-refractivity contribution is 7.99. The zero-order chi connectivity index (χ0) is 21.0. The fraction of sp³-hybridized carbons (Fsp3) is 0.300. The second-order valence-electron chi connectivity index (χ2n) is 6.81. The number of thioether (sulfide) groups is 1. The first-order valence-electron chi connectivity index (χ1n) is 9.13. The van der Waals surface area contributed by atoms with Gasteiger partial charge >= 0.3 is 0 Å². The van der Waals surface area contributed by atoms with E-state index in [1.165, 1.54) is 0 Å². The number of aryl methyl sites for hydroxylation is 1. The number of anilines is 3. The summed E-state index contributed by atoms with van der Waals surface area (Å²) in [6, 6.07) is 12.7. The fourth-order valence-corrected chi connectivity index (χ4v) is 4.63. The number of nitrogens with zero attached hydrogens (tertiary/aromatic N) is 1. The topological polar surface area (TPSA) is 95.6 Å². The molecule has 0 unspecified atom stereocenters. The van der Waals surface area contributed by atoms with Crippen LogP contribution in [0.1, 0.15) is 18.4 Å². The van der Waals surface area contributed by atoms with Gasteiger partial charge in [0.1, 0.15) is 0 Å². The van der Waals surface area contributed by atoms with Crippen molar-refractivity contribution >= 4 is 50.7 Å². The van der Waals surface area contributed by atoms with E-state index in [4.69, 9.17) is 0 Å². The van der Waals surface area contributed by atoms with E-state index < -0.39 is 10.0 Å². The van der Waals surface area contributed by atoms with Crippen molar-refractivity contribution in [2.45, 2.75) is 24.7 Å². The number of carbonyl (C=O) groups is 2. The summed E-state index contributed by atoms with van der Waals surface area (Å²) in [5.41, 5.74) is 2.51. The maximum atomic E-state index is 12.6. The lowest BCUT2D eigenvalue weighted by molar-refractivity contribution is -0.122. The van der Waals surface area contributed by atoms with Gasteiger partial charge in [-0.3, -0.25) is 14.3 Å². The van der Waals surface area contributed by atoms with E-state index in [-0.39, 0.29) is 24.7 Å². The Hall–Kier alpha value is -2.52. The van der Waals surface area contributed by atoms with Crippen molar-refractivity contribution < 1.29 is 18.0 Å². The maximum Gasteiger partial charge on any atom is 0.229 e. The van der Waals surface area contributed by atoms with E-state index in [1.807, 2.05) is 24.3 Å². The summed E-state index contributed by atoms with van der Waals surface area (Å²) in [7, 11) is -3.42. The molecule has 0 aliphatic carbocycles. The van der Waals surface area contributed by atoms with Crippen molar-refractivity contribution in [2.24, 2.45) is 0 Å². The lowest BCUT2D eigenvalue weighted by Crippen LogP contribution is -2.35. The molecule has 2 amide bonds. The molecule has 9 heteroatoms. The van der Waals surface area contributed by atoms with Crippen molar-refractivity contribution in [2.75, 3.05) is 33.5 Å². The highest BCUT2D eigenvalue weighted by Crippen LogP contribution is 2.34. The Balaban J connectivity index is 1.59. The zero-order valence-corrected chi connectivity index (χ0v) is 17.9. The van der Waals surface area contributed by atoms with E-state index in [1.54, 1.807) is 41.8 Å². The van der Waals surface area contributed by atoms with Gasteiger partial charge < -0.3 is 10.2 Å². The van der Waals surface area contributed by atoms with E-state index in [0.29, 0.717) is 17.9 Å². The van der Waals surface area contributed by atoms with Crippen LogP contribution in [0.2, 0.25) is 0 Å². The third-order valence-corrected chi connectivity index (χ3v) is 6.05. The quantitative estimate of drug-likeness (QED) is 0.729. The molecule has 0 bridgehead atoms. The number of hydrogen-bond acceptors (Lipinski definition) is 5. The SMILES string of the molecule is Cc1ccc(NC(=O)CCC(=O)N2CCSc3ccccc32)cc1NS(C)(=O)=O. The molecule has 7 nitrogen and oxygen atoms in total. The van der Waals surface area contributed by atoms with Gasteiger partial charge in [-0.1, -0.05) is 18.2 Å². The first-order valence-corrected chi connectivity index (χ1v) is 12.0. The lowest BCUT2D eigenvalue weighted by Gasteiger charge is -2.29. The second-order valence-corrected chi connectivity index (χ2v) is 9.70. The van der Waals surface area contributed by atoms with Gasteiger partial charge in [0.25, 0.3) is 0 Å². The molecule has 3 rings (SSSR count). The van der Waals surface area contributed by atoms with Crippen LogP contribution in [-0.2, 0) is 19.6 Å². The van der Waals surface area contributed by atoms with Gasteiger partial charge in [0.2, 0.25) is 21.8 Å². The highest BCUT2D eigenvalue weighted by atomic mass is 32.2. The first kappa shape index (κ1) is 21.2. The largest absolute Gasteiger partial charge is 0.326 e. The van der Waals surface area contributed by atoms with Crippen molar-refractivity contribution in [3.8, 4) is 0 Å². The Morgan fingerprint density at radius 3 is 2.66 bits per heavy atom. The number of sulfonamides is 1. The third kappa shape index (κ3) is 5.74. The van der Waals surface area contributed by atoms with E-state index in [9.17, 15) is 18.0 Å². The van der Waals surface area contributed by atoms with E-state index in [2.05, 4.69) is 10.0 Å². The van der Waals surface area contributed by atoms with Gasteiger partial charge in [0, 0.05) is 35.7 Å². The Bertz CT molecular complexity index is 1040. The van der Waals surface area contributed by atoms with Gasteiger partial charge in [0.05, 0.1) is 17.6 Å². The molecule has 1 heterocycles. The van der Waals surface area contributed by atoms with Crippen LogP contribution in [-0.4, -0.2) is 38.8 Å². The lowest BCUT2D eigenvalue weighted by atomic mass is 10.2. The maximum absolute atomic E-state index is 12.6. The van der Waals surface area contributed by atoms with Crippen LogP contribution in [0.3, 0.4) is 0 Å². The molecule has 2 aromatic rings. The molecule has 154 valence electrons. The number of hydrogen-bond donors (Lipinski definition) is 2. The van der Waals surface area contributed by atoms with Crippen LogP contribution in [0.25, 0.3) is 0 Å². The monoisotopic (exact) mass is 433 g/mol. The summed E-state index contributed by atoms with van der Waals surface area (Å²) >= 11 is 1.72.